The maximum absolute atomic E-state index is 12.2. The second-order valence-electron chi connectivity index (χ2n) is 5.50. The van der Waals surface area contributed by atoms with Gasteiger partial charge in [-0.1, -0.05) is 6.07 Å². The Balaban J connectivity index is 2.44. The van der Waals surface area contributed by atoms with Gasteiger partial charge in [-0.3, -0.25) is 4.79 Å². The van der Waals surface area contributed by atoms with Crippen molar-refractivity contribution in [2.75, 3.05) is 11.4 Å². The highest BCUT2D eigenvalue weighted by Gasteiger charge is 2.34. The van der Waals surface area contributed by atoms with Crippen LogP contribution in [0.25, 0.3) is 0 Å². The molecule has 1 aromatic carbocycles. The fourth-order valence-electron chi connectivity index (χ4n) is 2.13. The number of nitrogens with two attached hydrogens (primary N) is 1. The van der Waals surface area contributed by atoms with Crippen molar-refractivity contribution in [3.8, 4) is 5.75 Å². The Bertz CT molecular complexity index is 494. The van der Waals surface area contributed by atoms with E-state index < -0.39 is 11.7 Å². The zero-order valence-corrected chi connectivity index (χ0v) is 11.5. The van der Waals surface area contributed by atoms with Gasteiger partial charge in [-0.05, 0) is 38.5 Å². The molecule has 0 fully saturated rings. The summed E-state index contributed by atoms with van der Waals surface area (Å²) in [6.07, 6.45) is -0.543. The number of anilines is 1. The lowest BCUT2D eigenvalue weighted by Gasteiger charge is -2.36. The maximum atomic E-state index is 12.2. The van der Waals surface area contributed by atoms with Crippen LogP contribution in [-0.2, 0) is 11.3 Å². The average molecular weight is 264 g/mol. The van der Waals surface area contributed by atoms with Gasteiger partial charge in [0, 0.05) is 6.54 Å². The number of β-amino-alcohol motifs (C(OH)–C–C–N with tert-alkyl or cyclic N) is 1. The van der Waals surface area contributed by atoms with Crippen molar-refractivity contribution in [3.63, 3.8) is 0 Å². The van der Waals surface area contributed by atoms with Gasteiger partial charge >= 0.3 is 0 Å². The molecule has 1 aliphatic rings. The van der Waals surface area contributed by atoms with Crippen LogP contribution < -0.4 is 15.4 Å². The fraction of sp³-hybridized carbons (Fsp3) is 0.500. The van der Waals surface area contributed by atoms with Crippen molar-refractivity contribution in [1.82, 2.24) is 0 Å². The summed E-state index contributed by atoms with van der Waals surface area (Å²) in [5.74, 6) is 0.498. The molecule has 1 amide bonds. The molecule has 0 radical (unpaired) electrons. The maximum Gasteiger partial charge on any atom is 0.267 e. The lowest BCUT2D eigenvalue weighted by atomic mass is 10.1. The van der Waals surface area contributed by atoms with Gasteiger partial charge in [0.25, 0.3) is 5.91 Å². The molecule has 1 unspecified atom stereocenters. The molecule has 1 aliphatic heterocycles. The number of carbonyl (C=O) groups excluding carboxylic acids is 1. The summed E-state index contributed by atoms with van der Waals surface area (Å²) in [6, 6.07) is 5.53. The van der Waals surface area contributed by atoms with E-state index in [1.54, 1.807) is 25.7 Å². The zero-order chi connectivity index (χ0) is 14.2. The minimum Gasteiger partial charge on any atom is -0.479 e. The molecule has 5 heteroatoms. The first-order chi connectivity index (χ1) is 8.81. The molecule has 0 bridgehead atoms. The Morgan fingerprint density at radius 1 is 1.47 bits per heavy atom. The van der Waals surface area contributed by atoms with Gasteiger partial charge in [0.05, 0.1) is 17.8 Å². The van der Waals surface area contributed by atoms with Gasteiger partial charge in [0.15, 0.2) is 6.10 Å². The Kier molecular flexibility index (Phi) is 3.52. The van der Waals surface area contributed by atoms with E-state index in [0.29, 0.717) is 18.0 Å². The number of hydrogen-bond donors (Lipinski definition) is 2. The van der Waals surface area contributed by atoms with Crippen LogP contribution in [0.5, 0.6) is 5.75 Å². The summed E-state index contributed by atoms with van der Waals surface area (Å²) in [4.78, 5) is 13.8. The molecule has 19 heavy (non-hydrogen) atoms. The molecule has 2 rings (SSSR count). The van der Waals surface area contributed by atoms with Crippen LogP contribution >= 0.6 is 0 Å². The van der Waals surface area contributed by atoms with Crippen LogP contribution in [0.1, 0.15) is 26.3 Å². The van der Waals surface area contributed by atoms with E-state index in [1.807, 2.05) is 18.2 Å². The van der Waals surface area contributed by atoms with Crippen molar-refractivity contribution in [3.05, 3.63) is 23.8 Å². The number of hydrogen-bond acceptors (Lipinski definition) is 4. The standard InChI is InChI=1S/C14H20N2O3/c1-9-13(17)16(8-14(2,3)18)11-6-10(7-15)4-5-12(11)19-9/h4-6,9,18H,7-8,15H2,1-3H3. The van der Waals surface area contributed by atoms with Crippen LogP contribution in [0.4, 0.5) is 5.69 Å². The highest BCUT2D eigenvalue weighted by atomic mass is 16.5. The highest BCUT2D eigenvalue weighted by molar-refractivity contribution is 6.00. The quantitative estimate of drug-likeness (QED) is 0.855. The number of carbonyl (C=O) groups is 1. The second-order valence-corrected chi connectivity index (χ2v) is 5.50. The third-order valence-corrected chi connectivity index (χ3v) is 3.01. The highest BCUT2D eigenvalue weighted by Crippen LogP contribution is 2.35. The number of nitrogens with zero attached hydrogens (tertiary/aromatic N) is 1. The Morgan fingerprint density at radius 2 is 2.16 bits per heavy atom. The van der Waals surface area contributed by atoms with E-state index in [9.17, 15) is 9.90 Å². The van der Waals surface area contributed by atoms with Crippen LogP contribution in [0.3, 0.4) is 0 Å². The molecule has 104 valence electrons. The van der Waals surface area contributed by atoms with Gasteiger partial charge < -0.3 is 20.5 Å². The van der Waals surface area contributed by atoms with Gasteiger partial charge in [-0.15, -0.1) is 0 Å². The largest absolute Gasteiger partial charge is 0.479 e. The predicted octanol–water partition coefficient (Wildman–Crippen LogP) is 1.03. The van der Waals surface area contributed by atoms with Gasteiger partial charge in [0.1, 0.15) is 5.75 Å². The molecular weight excluding hydrogens is 244 g/mol. The fourth-order valence-corrected chi connectivity index (χ4v) is 2.13. The molecule has 5 nitrogen and oxygen atoms in total. The monoisotopic (exact) mass is 264 g/mol. The van der Waals surface area contributed by atoms with Crippen LogP contribution in [0, 0.1) is 0 Å². The van der Waals surface area contributed by atoms with Crippen LogP contribution in [0.15, 0.2) is 18.2 Å². The molecular formula is C14H20N2O3. The first kappa shape index (κ1) is 13.8. The average Bonchev–Trinajstić information content (AvgIpc) is 2.33. The summed E-state index contributed by atoms with van der Waals surface area (Å²) in [5, 5.41) is 9.97. The van der Waals surface area contributed by atoms with Crippen LogP contribution in [0.2, 0.25) is 0 Å². The third-order valence-electron chi connectivity index (χ3n) is 3.01. The number of amides is 1. The molecule has 0 spiro atoms. The Morgan fingerprint density at radius 3 is 2.74 bits per heavy atom. The van der Waals surface area contributed by atoms with Crippen molar-refractivity contribution >= 4 is 11.6 Å². The number of aliphatic hydroxyl groups is 1. The minimum atomic E-state index is -0.970. The van der Waals surface area contributed by atoms with E-state index >= 15 is 0 Å². The number of benzene rings is 1. The van der Waals surface area contributed by atoms with Gasteiger partial charge in [-0.2, -0.15) is 0 Å². The molecule has 0 aliphatic carbocycles. The molecule has 0 saturated heterocycles. The first-order valence-electron chi connectivity index (χ1n) is 6.35. The van der Waals surface area contributed by atoms with Crippen molar-refractivity contribution in [1.29, 1.82) is 0 Å². The minimum absolute atomic E-state index is 0.149. The lowest BCUT2D eigenvalue weighted by Crippen LogP contribution is -2.50. The first-order valence-corrected chi connectivity index (χ1v) is 6.35. The van der Waals surface area contributed by atoms with E-state index in [2.05, 4.69) is 0 Å². The normalized spacial score (nSPS) is 19.1. The van der Waals surface area contributed by atoms with E-state index in [4.69, 9.17) is 10.5 Å². The summed E-state index contributed by atoms with van der Waals surface area (Å²) in [7, 11) is 0. The second kappa shape index (κ2) is 4.83. The third kappa shape index (κ3) is 2.88. The SMILES string of the molecule is CC1Oc2ccc(CN)cc2N(CC(C)(C)O)C1=O. The Labute approximate surface area is 113 Å². The van der Waals surface area contributed by atoms with E-state index in [1.165, 1.54) is 0 Å². The summed E-state index contributed by atoms with van der Waals surface area (Å²) < 4.78 is 5.57. The molecule has 0 aromatic heterocycles. The molecule has 1 aromatic rings. The molecule has 0 saturated carbocycles. The van der Waals surface area contributed by atoms with Crippen molar-refractivity contribution < 1.29 is 14.6 Å². The number of rotatable bonds is 3. The van der Waals surface area contributed by atoms with E-state index in [0.717, 1.165) is 5.56 Å². The topological polar surface area (TPSA) is 75.8 Å². The van der Waals surface area contributed by atoms with Crippen molar-refractivity contribution in [2.24, 2.45) is 5.73 Å². The summed E-state index contributed by atoms with van der Waals surface area (Å²) in [6.45, 7) is 5.67. The number of ether oxygens (including phenoxy) is 1. The molecule has 3 N–H and O–H groups in total. The lowest BCUT2D eigenvalue weighted by molar-refractivity contribution is -0.126. The smallest absolute Gasteiger partial charge is 0.267 e. The summed E-state index contributed by atoms with van der Waals surface area (Å²) >= 11 is 0. The van der Waals surface area contributed by atoms with Gasteiger partial charge in [0.2, 0.25) is 0 Å². The van der Waals surface area contributed by atoms with Gasteiger partial charge in [-0.25, -0.2) is 0 Å². The zero-order valence-electron chi connectivity index (χ0n) is 11.5. The van der Waals surface area contributed by atoms with Crippen LogP contribution in [-0.4, -0.2) is 29.3 Å². The van der Waals surface area contributed by atoms with Crippen molar-refractivity contribution in [2.45, 2.75) is 39.0 Å². The predicted molar refractivity (Wildman–Crippen MR) is 73.1 cm³/mol. The molecule has 1 atom stereocenters. The molecule has 1 heterocycles. The number of fused-ring (bicyclic) bond motifs is 1. The van der Waals surface area contributed by atoms with E-state index in [-0.39, 0.29) is 12.5 Å². The Hall–Kier alpha value is -1.59. The summed E-state index contributed by atoms with van der Waals surface area (Å²) in [5.41, 5.74) is 6.25.